The fraction of sp³-hybridized carbons (Fsp3) is 0. The summed E-state index contributed by atoms with van der Waals surface area (Å²) in [6.45, 7) is 0. The highest BCUT2D eigenvalue weighted by Crippen LogP contribution is 1.91. The van der Waals surface area contributed by atoms with Gasteiger partial charge in [0.2, 0.25) is 5.82 Å². The normalized spacial score (nSPS) is 10.0. The molecule has 1 N–H and O–H groups in total. The fourth-order valence-electron chi connectivity index (χ4n) is 0.626. The molecule has 0 unspecified atom stereocenters. The first-order valence-electron chi connectivity index (χ1n) is 2.69. The van der Waals surface area contributed by atoms with Crippen LogP contribution in [0.1, 0.15) is 0 Å². The number of aromatic amines is 1. The van der Waals surface area contributed by atoms with Crippen LogP contribution < -0.4 is 0 Å². The summed E-state index contributed by atoms with van der Waals surface area (Å²) in [5, 5.41) is 17.5. The highest BCUT2D eigenvalue weighted by molar-refractivity contribution is 5.08. The second-order valence-corrected chi connectivity index (χ2v) is 1.65. The van der Waals surface area contributed by atoms with E-state index in [-0.39, 0.29) is 0 Å². The number of aromatic nitrogens is 6. The van der Waals surface area contributed by atoms with E-state index in [4.69, 9.17) is 0 Å². The molecule has 0 atom stereocenters. The molecule has 0 aliphatic carbocycles. The molecule has 2 rings (SSSR count). The molecule has 2 heterocycles. The van der Waals surface area contributed by atoms with Gasteiger partial charge in [-0.15, -0.1) is 9.90 Å². The summed E-state index contributed by atoms with van der Waals surface area (Å²) in [6.07, 6.45) is 4.70. The summed E-state index contributed by atoms with van der Waals surface area (Å²) >= 11 is 0. The van der Waals surface area contributed by atoms with E-state index in [1.54, 1.807) is 18.6 Å². The maximum Gasteiger partial charge on any atom is 0.215 e. The summed E-state index contributed by atoms with van der Waals surface area (Å²) in [7, 11) is 0. The van der Waals surface area contributed by atoms with E-state index < -0.39 is 0 Å². The quantitative estimate of drug-likeness (QED) is 0.567. The van der Waals surface area contributed by atoms with Crippen LogP contribution in [0.2, 0.25) is 0 Å². The van der Waals surface area contributed by atoms with Gasteiger partial charge in [-0.2, -0.15) is 20.5 Å². The lowest BCUT2D eigenvalue weighted by molar-refractivity contribution is 0.724. The van der Waals surface area contributed by atoms with E-state index in [1.165, 1.54) is 4.80 Å². The first kappa shape index (κ1) is 5.10. The third-order valence-electron chi connectivity index (χ3n) is 1.03. The van der Waals surface area contributed by atoms with Crippen LogP contribution in [0.15, 0.2) is 18.6 Å². The number of hydrogen-bond donors (Lipinski definition) is 1. The molecule has 0 aliphatic rings. The molecule has 0 amide bonds. The van der Waals surface area contributed by atoms with E-state index in [0.29, 0.717) is 5.82 Å². The van der Waals surface area contributed by atoms with Crippen LogP contribution >= 0.6 is 0 Å². The third-order valence-corrected chi connectivity index (χ3v) is 1.03. The summed E-state index contributed by atoms with van der Waals surface area (Å²) < 4.78 is 0. The van der Waals surface area contributed by atoms with Crippen LogP contribution in [0.3, 0.4) is 0 Å². The molecule has 2 aromatic rings. The van der Waals surface area contributed by atoms with Gasteiger partial charge in [0.1, 0.15) is 0 Å². The molecule has 0 aromatic carbocycles. The van der Waals surface area contributed by atoms with Gasteiger partial charge in [0, 0.05) is 0 Å². The van der Waals surface area contributed by atoms with Crippen molar-refractivity contribution in [3.8, 4) is 5.82 Å². The van der Waals surface area contributed by atoms with Crippen molar-refractivity contribution in [2.45, 2.75) is 0 Å². The third kappa shape index (κ3) is 0.661. The van der Waals surface area contributed by atoms with E-state index in [9.17, 15) is 0 Å². The Kier molecular flexibility index (Phi) is 0.970. The molecule has 6 heteroatoms. The SMILES string of the molecule is c1cnn(-c2cn[nH]n2)n1. The molecule has 0 radical (unpaired) electrons. The number of nitrogens with zero attached hydrogens (tertiary/aromatic N) is 5. The van der Waals surface area contributed by atoms with Crippen molar-refractivity contribution in [2.24, 2.45) is 0 Å². The van der Waals surface area contributed by atoms with Gasteiger partial charge < -0.3 is 0 Å². The summed E-state index contributed by atoms with van der Waals surface area (Å²) in [4.78, 5) is 1.38. The Balaban J connectivity index is 2.48. The first-order chi connectivity index (χ1) is 4.97. The molecule has 0 aliphatic heterocycles. The highest BCUT2D eigenvalue weighted by Gasteiger charge is 1.97. The minimum atomic E-state index is 0.588. The molecule has 2 aromatic heterocycles. The Morgan fingerprint density at radius 3 is 2.70 bits per heavy atom. The molecule has 50 valence electrons. The lowest BCUT2D eigenvalue weighted by atomic mass is 10.8. The highest BCUT2D eigenvalue weighted by atomic mass is 15.5. The van der Waals surface area contributed by atoms with Crippen molar-refractivity contribution < 1.29 is 0 Å². The Labute approximate surface area is 55.9 Å². The lowest BCUT2D eigenvalue weighted by Crippen LogP contribution is -1.97. The van der Waals surface area contributed by atoms with Crippen LogP contribution in [-0.4, -0.2) is 30.4 Å². The molecule has 10 heavy (non-hydrogen) atoms. The molecular weight excluding hydrogens is 132 g/mol. The Hall–Kier alpha value is -1.72. The summed E-state index contributed by atoms with van der Waals surface area (Å²) in [5.41, 5.74) is 0. The Morgan fingerprint density at radius 1 is 1.30 bits per heavy atom. The first-order valence-corrected chi connectivity index (χ1v) is 2.69. The Bertz CT molecular complexity index is 249. The monoisotopic (exact) mass is 136 g/mol. The van der Waals surface area contributed by atoms with Crippen molar-refractivity contribution in [3.05, 3.63) is 18.6 Å². The van der Waals surface area contributed by atoms with Crippen molar-refractivity contribution in [3.63, 3.8) is 0 Å². The van der Waals surface area contributed by atoms with Crippen LogP contribution in [0.4, 0.5) is 0 Å². The van der Waals surface area contributed by atoms with Crippen molar-refractivity contribution in [1.82, 2.24) is 30.4 Å². The summed E-state index contributed by atoms with van der Waals surface area (Å²) in [6, 6.07) is 0. The number of nitrogens with one attached hydrogen (secondary N) is 1. The number of hydrogen-bond acceptors (Lipinski definition) is 4. The smallest absolute Gasteiger partial charge is 0.196 e. The van der Waals surface area contributed by atoms with Crippen molar-refractivity contribution >= 4 is 0 Å². The van der Waals surface area contributed by atoms with E-state index >= 15 is 0 Å². The van der Waals surface area contributed by atoms with Gasteiger partial charge in [-0.05, 0) is 0 Å². The molecular formula is C4H4N6. The minimum Gasteiger partial charge on any atom is -0.196 e. The van der Waals surface area contributed by atoms with Crippen molar-refractivity contribution in [1.29, 1.82) is 0 Å². The zero-order chi connectivity index (χ0) is 6.81. The number of rotatable bonds is 1. The second kappa shape index (κ2) is 1.90. The van der Waals surface area contributed by atoms with Gasteiger partial charge in [-0.1, -0.05) is 0 Å². The number of H-pyrrole nitrogens is 1. The van der Waals surface area contributed by atoms with Gasteiger partial charge in [0.15, 0.2) is 0 Å². The van der Waals surface area contributed by atoms with Gasteiger partial charge in [-0.25, -0.2) is 0 Å². The second-order valence-electron chi connectivity index (χ2n) is 1.65. The summed E-state index contributed by atoms with van der Waals surface area (Å²) in [5.74, 6) is 0.588. The molecule has 0 saturated heterocycles. The average Bonchev–Trinajstić information content (AvgIpc) is 2.59. The van der Waals surface area contributed by atoms with Crippen LogP contribution in [0, 0.1) is 0 Å². The lowest BCUT2D eigenvalue weighted by Gasteiger charge is -1.86. The van der Waals surface area contributed by atoms with E-state index in [1.807, 2.05) is 0 Å². The van der Waals surface area contributed by atoms with Crippen LogP contribution in [0.5, 0.6) is 0 Å². The average molecular weight is 136 g/mol. The van der Waals surface area contributed by atoms with Gasteiger partial charge in [0.05, 0.1) is 18.6 Å². The molecule has 6 nitrogen and oxygen atoms in total. The minimum absolute atomic E-state index is 0.588. The topological polar surface area (TPSA) is 72.3 Å². The van der Waals surface area contributed by atoms with Crippen LogP contribution in [-0.2, 0) is 0 Å². The standard InChI is InChI=1S/C4H4N6/c1-2-7-10(6-1)4-3-5-9-8-4/h1-3H,(H,5,8,9). The predicted molar refractivity (Wildman–Crippen MR) is 31.3 cm³/mol. The Morgan fingerprint density at radius 2 is 2.10 bits per heavy atom. The van der Waals surface area contributed by atoms with Gasteiger partial charge in [-0.3, -0.25) is 0 Å². The molecule has 0 spiro atoms. The predicted octanol–water partition coefficient (Wildman–Crippen LogP) is -0.615. The van der Waals surface area contributed by atoms with Gasteiger partial charge >= 0.3 is 0 Å². The van der Waals surface area contributed by atoms with E-state index in [2.05, 4.69) is 25.6 Å². The maximum absolute atomic E-state index is 3.84. The van der Waals surface area contributed by atoms with E-state index in [0.717, 1.165) is 0 Å². The molecule has 0 saturated carbocycles. The van der Waals surface area contributed by atoms with Crippen molar-refractivity contribution in [2.75, 3.05) is 0 Å². The zero-order valence-corrected chi connectivity index (χ0v) is 4.97. The largest absolute Gasteiger partial charge is 0.215 e. The fourth-order valence-corrected chi connectivity index (χ4v) is 0.626. The van der Waals surface area contributed by atoms with Gasteiger partial charge in [0.25, 0.3) is 0 Å². The molecule has 0 bridgehead atoms. The van der Waals surface area contributed by atoms with Crippen LogP contribution in [0.25, 0.3) is 5.82 Å². The maximum atomic E-state index is 3.84. The molecule has 0 fully saturated rings. The zero-order valence-electron chi connectivity index (χ0n) is 4.97.